The van der Waals surface area contributed by atoms with Gasteiger partial charge in [-0.25, -0.2) is 4.98 Å². The van der Waals surface area contributed by atoms with Gasteiger partial charge in [0.05, 0.1) is 5.69 Å². The predicted octanol–water partition coefficient (Wildman–Crippen LogP) is 3.68. The number of rotatable bonds is 4. The fourth-order valence-electron chi connectivity index (χ4n) is 2.53. The van der Waals surface area contributed by atoms with Crippen molar-refractivity contribution in [3.8, 4) is 0 Å². The summed E-state index contributed by atoms with van der Waals surface area (Å²) >= 11 is 1.83. The second-order valence-electron chi connectivity index (χ2n) is 5.51. The van der Waals surface area contributed by atoms with E-state index in [0.29, 0.717) is 0 Å². The minimum absolute atomic E-state index is 0.897. The highest BCUT2D eigenvalue weighted by Gasteiger charge is 2.17. The smallest absolute Gasteiger partial charge is 0.107 e. The van der Waals surface area contributed by atoms with Gasteiger partial charge in [-0.2, -0.15) is 0 Å². The van der Waals surface area contributed by atoms with Crippen molar-refractivity contribution in [3.63, 3.8) is 0 Å². The molecular formula is C14H24N2S. The average molecular weight is 252 g/mol. The molecule has 1 saturated carbocycles. The molecule has 96 valence electrons. The van der Waals surface area contributed by atoms with Crippen LogP contribution in [0.15, 0.2) is 0 Å². The Morgan fingerprint density at radius 1 is 1.24 bits per heavy atom. The lowest BCUT2D eigenvalue weighted by molar-refractivity contribution is 0.281. The van der Waals surface area contributed by atoms with Crippen LogP contribution >= 0.6 is 11.3 Å². The van der Waals surface area contributed by atoms with Crippen molar-refractivity contribution >= 4 is 11.3 Å². The molecule has 0 aromatic carbocycles. The topological polar surface area (TPSA) is 24.9 Å². The first-order valence-corrected chi connectivity index (χ1v) is 7.60. The molecule has 2 nitrogen and oxygen atoms in total. The molecule has 17 heavy (non-hydrogen) atoms. The lowest BCUT2D eigenvalue weighted by Gasteiger charge is -2.26. The van der Waals surface area contributed by atoms with Crippen LogP contribution in [0.25, 0.3) is 0 Å². The number of hydrogen-bond donors (Lipinski definition) is 1. The number of aryl methyl sites for hydroxylation is 2. The summed E-state index contributed by atoms with van der Waals surface area (Å²) < 4.78 is 0. The van der Waals surface area contributed by atoms with Gasteiger partial charge in [0.1, 0.15) is 5.01 Å². The van der Waals surface area contributed by atoms with Crippen molar-refractivity contribution in [1.29, 1.82) is 0 Å². The lowest BCUT2D eigenvalue weighted by Crippen LogP contribution is -2.25. The van der Waals surface area contributed by atoms with Gasteiger partial charge in [0.25, 0.3) is 0 Å². The third-order valence-electron chi connectivity index (χ3n) is 3.92. The Hall–Kier alpha value is -0.410. The molecule has 0 amide bonds. The van der Waals surface area contributed by atoms with Crippen molar-refractivity contribution in [3.05, 3.63) is 15.6 Å². The lowest BCUT2D eigenvalue weighted by atomic mass is 9.83. The van der Waals surface area contributed by atoms with Crippen molar-refractivity contribution in [2.24, 2.45) is 11.8 Å². The summed E-state index contributed by atoms with van der Waals surface area (Å²) in [4.78, 5) is 5.92. The molecule has 0 spiro atoms. The SMILES string of the molecule is Cc1nc(CNCC2CCC(C)CC2)sc1C. The summed E-state index contributed by atoms with van der Waals surface area (Å²) in [5, 5.41) is 4.81. The van der Waals surface area contributed by atoms with E-state index in [-0.39, 0.29) is 0 Å². The normalized spacial score (nSPS) is 25.1. The standard InChI is InChI=1S/C14H24N2S/c1-10-4-6-13(7-5-10)8-15-9-14-16-11(2)12(3)17-14/h10,13,15H,4-9H2,1-3H3. The molecule has 2 rings (SSSR count). The van der Waals surface area contributed by atoms with Gasteiger partial charge in [0, 0.05) is 11.4 Å². The highest BCUT2D eigenvalue weighted by atomic mass is 32.1. The van der Waals surface area contributed by atoms with Gasteiger partial charge in [-0.3, -0.25) is 0 Å². The van der Waals surface area contributed by atoms with Gasteiger partial charge < -0.3 is 5.32 Å². The summed E-state index contributed by atoms with van der Waals surface area (Å²) in [6.45, 7) is 8.75. The van der Waals surface area contributed by atoms with Crippen molar-refractivity contribution in [2.45, 2.75) is 53.0 Å². The molecule has 0 aliphatic heterocycles. The Labute approximate surface area is 109 Å². The largest absolute Gasteiger partial charge is 0.310 e. The van der Waals surface area contributed by atoms with E-state index in [2.05, 4.69) is 31.1 Å². The highest BCUT2D eigenvalue weighted by Crippen LogP contribution is 2.27. The summed E-state index contributed by atoms with van der Waals surface area (Å²) in [6, 6.07) is 0. The molecule has 0 atom stereocenters. The number of aromatic nitrogens is 1. The van der Waals surface area contributed by atoms with Crippen LogP contribution in [0, 0.1) is 25.7 Å². The Kier molecular flexibility index (Phi) is 4.57. The van der Waals surface area contributed by atoms with Gasteiger partial charge in [-0.1, -0.05) is 19.8 Å². The Morgan fingerprint density at radius 2 is 1.94 bits per heavy atom. The molecule has 1 aromatic rings. The second-order valence-corrected chi connectivity index (χ2v) is 6.79. The van der Waals surface area contributed by atoms with Crippen LogP contribution in [0.4, 0.5) is 0 Å². The van der Waals surface area contributed by atoms with Crippen LogP contribution in [0.5, 0.6) is 0 Å². The Bertz CT molecular complexity index is 332. The fourth-order valence-corrected chi connectivity index (χ4v) is 3.43. The molecule has 1 heterocycles. The maximum Gasteiger partial charge on any atom is 0.107 e. The predicted molar refractivity (Wildman–Crippen MR) is 74.4 cm³/mol. The molecule has 1 N–H and O–H groups in total. The second kappa shape index (κ2) is 5.96. The van der Waals surface area contributed by atoms with Crippen molar-refractivity contribution < 1.29 is 0 Å². The first-order valence-electron chi connectivity index (χ1n) is 6.78. The van der Waals surface area contributed by atoms with Gasteiger partial charge in [0.2, 0.25) is 0 Å². The van der Waals surface area contributed by atoms with E-state index in [1.54, 1.807) is 0 Å². The van der Waals surface area contributed by atoms with E-state index in [4.69, 9.17) is 0 Å². The monoisotopic (exact) mass is 252 g/mol. The minimum atomic E-state index is 0.897. The number of thiazole rings is 1. The van der Waals surface area contributed by atoms with E-state index in [1.165, 1.54) is 47.8 Å². The minimum Gasteiger partial charge on any atom is -0.310 e. The molecule has 0 bridgehead atoms. The zero-order valence-electron chi connectivity index (χ0n) is 11.3. The van der Waals surface area contributed by atoms with Crippen LogP contribution in [-0.2, 0) is 6.54 Å². The van der Waals surface area contributed by atoms with E-state index in [9.17, 15) is 0 Å². The van der Waals surface area contributed by atoms with Crippen LogP contribution in [0.2, 0.25) is 0 Å². The molecular weight excluding hydrogens is 228 g/mol. The molecule has 0 radical (unpaired) electrons. The van der Waals surface area contributed by atoms with Crippen LogP contribution in [0.3, 0.4) is 0 Å². The zero-order chi connectivity index (χ0) is 12.3. The van der Waals surface area contributed by atoms with E-state index in [0.717, 1.165) is 18.4 Å². The third kappa shape index (κ3) is 3.78. The van der Waals surface area contributed by atoms with Crippen molar-refractivity contribution in [2.75, 3.05) is 6.54 Å². The molecule has 3 heteroatoms. The van der Waals surface area contributed by atoms with Gasteiger partial charge in [-0.15, -0.1) is 11.3 Å². The summed E-state index contributed by atoms with van der Waals surface area (Å²) in [5.74, 6) is 1.85. The van der Waals surface area contributed by atoms with Crippen LogP contribution < -0.4 is 5.32 Å². The fraction of sp³-hybridized carbons (Fsp3) is 0.786. The molecule has 1 aliphatic rings. The maximum atomic E-state index is 4.56. The number of nitrogens with zero attached hydrogens (tertiary/aromatic N) is 1. The van der Waals surface area contributed by atoms with E-state index in [1.807, 2.05) is 11.3 Å². The summed E-state index contributed by atoms with van der Waals surface area (Å²) in [5.41, 5.74) is 1.19. The number of nitrogens with one attached hydrogen (secondary N) is 1. The molecule has 1 fully saturated rings. The first kappa shape index (κ1) is 13.0. The quantitative estimate of drug-likeness (QED) is 0.884. The third-order valence-corrected chi connectivity index (χ3v) is 4.99. The highest BCUT2D eigenvalue weighted by molar-refractivity contribution is 7.11. The van der Waals surface area contributed by atoms with Crippen LogP contribution in [-0.4, -0.2) is 11.5 Å². The summed E-state index contributed by atoms with van der Waals surface area (Å²) in [6.07, 6.45) is 5.65. The van der Waals surface area contributed by atoms with Gasteiger partial charge >= 0.3 is 0 Å². The maximum absolute atomic E-state index is 4.56. The van der Waals surface area contributed by atoms with E-state index >= 15 is 0 Å². The Morgan fingerprint density at radius 3 is 2.53 bits per heavy atom. The average Bonchev–Trinajstić information content (AvgIpc) is 2.61. The van der Waals surface area contributed by atoms with E-state index < -0.39 is 0 Å². The van der Waals surface area contributed by atoms with Crippen LogP contribution in [0.1, 0.15) is 48.2 Å². The van der Waals surface area contributed by atoms with Gasteiger partial charge in [-0.05, 0) is 45.1 Å². The molecule has 1 aliphatic carbocycles. The zero-order valence-corrected chi connectivity index (χ0v) is 12.1. The summed E-state index contributed by atoms with van der Waals surface area (Å²) in [7, 11) is 0. The molecule has 0 unspecified atom stereocenters. The number of hydrogen-bond acceptors (Lipinski definition) is 3. The van der Waals surface area contributed by atoms with Gasteiger partial charge in [0.15, 0.2) is 0 Å². The Balaban J connectivity index is 1.69. The first-order chi connectivity index (χ1) is 8.15. The molecule has 0 saturated heterocycles. The van der Waals surface area contributed by atoms with Crippen molar-refractivity contribution in [1.82, 2.24) is 10.3 Å². The molecule has 1 aromatic heterocycles.